The maximum Gasteiger partial charge on any atom is 0.323 e. The molecule has 4 nitrogen and oxygen atoms in total. The molecule has 0 aromatic carbocycles. The first-order valence-corrected chi connectivity index (χ1v) is 7.72. The van der Waals surface area contributed by atoms with Crippen molar-refractivity contribution in [3.8, 4) is 0 Å². The molecule has 1 N–H and O–H groups in total. The van der Waals surface area contributed by atoms with E-state index in [9.17, 15) is 4.79 Å². The zero-order valence-electron chi connectivity index (χ0n) is 10.5. The van der Waals surface area contributed by atoms with Crippen LogP contribution in [0.4, 0.5) is 9.93 Å². The smallest absolute Gasteiger partial charge is 0.323 e. The lowest BCUT2D eigenvalue weighted by atomic mass is 10.2. The number of carbonyl (C=O) groups excluding carboxylic acids is 1. The highest BCUT2D eigenvalue weighted by Crippen LogP contribution is 2.40. The molecule has 1 saturated heterocycles. The Hall–Kier alpha value is -1.10. The fraction of sp³-hybridized carbons (Fsp3) is 0.692. The highest BCUT2D eigenvalue weighted by atomic mass is 32.1. The average molecular weight is 265 g/mol. The van der Waals surface area contributed by atoms with E-state index < -0.39 is 0 Å². The molecule has 0 radical (unpaired) electrons. The average Bonchev–Trinajstić information content (AvgIpc) is 3.16. The molecule has 2 aliphatic rings. The molecule has 1 aromatic heterocycles. The monoisotopic (exact) mass is 265 g/mol. The summed E-state index contributed by atoms with van der Waals surface area (Å²) < 4.78 is 0. The number of thiazole rings is 1. The Kier molecular flexibility index (Phi) is 3.50. The molecule has 0 spiro atoms. The summed E-state index contributed by atoms with van der Waals surface area (Å²) in [5, 5.41) is 5.77. The number of likely N-dealkylation sites (tertiary alicyclic amines) is 1. The minimum absolute atomic E-state index is 0.0218. The first-order chi connectivity index (χ1) is 8.83. The Labute approximate surface area is 111 Å². The summed E-state index contributed by atoms with van der Waals surface area (Å²) in [6, 6.07) is 0.0218. The van der Waals surface area contributed by atoms with Gasteiger partial charge < -0.3 is 4.90 Å². The van der Waals surface area contributed by atoms with E-state index in [0.29, 0.717) is 5.92 Å². The lowest BCUT2D eigenvalue weighted by molar-refractivity contribution is 0.214. The summed E-state index contributed by atoms with van der Waals surface area (Å²) in [7, 11) is 0. The highest BCUT2D eigenvalue weighted by molar-refractivity contribution is 7.13. The number of hydrogen-bond donors (Lipinski definition) is 1. The number of carbonyl (C=O) groups is 1. The van der Waals surface area contributed by atoms with Crippen molar-refractivity contribution in [3.63, 3.8) is 0 Å². The third-order valence-electron chi connectivity index (χ3n) is 3.62. The number of nitrogens with one attached hydrogen (secondary N) is 1. The summed E-state index contributed by atoms with van der Waals surface area (Å²) in [5.41, 5.74) is 1.16. The van der Waals surface area contributed by atoms with E-state index in [1.807, 2.05) is 4.90 Å². The fourth-order valence-corrected chi connectivity index (χ4v) is 3.14. The van der Waals surface area contributed by atoms with Gasteiger partial charge >= 0.3 is 6.03 Å². The van der Waals surface area contributed by atoms with Crippen molar-refractivity contribution in [2.45, 2.75) is 44.4 Å². The first-order valence-electron chi connectivity index (χ1n) is 6.84. The number of nitrogens with zero attached hydrogens (tertiary/aromatic N) is 2. The van der Waals surface area contributed by atoms with Crippen molar-refractivity contribution in [1.29, 1.82) is 0 Å². The molecule has 18 heavy (non-hydrogen) atoms. The standard InChI is InChI=1S/C13H19N3OS/c17-13(16-7-3-1-2-4-8-16)15-12-14-11(9-18-12)10-5-6-10/h9-10H,1-8H2,(H,14,15,17). The van der Waals surface area contributed by atoms with Gasteiger partial charge in [0.05, 0.1) is 5.69 Å². The number of aromatic nitrogens is 1. The van der Waals surface area contributed by atoms with E-state index in [4.69, 9.17) is 0 Å². The van der Waals surface area contributed by atoms with Gasteiger partial charge in [0.1, 0.15) is 0 Å². The van der Waals surface area contributed by atoms with Crippen molar-refractivity contribution in [1.82, 2.24) is 9.88 Å². The molecule has 2 heterocycles. The van der Waals surface area contributed by atoms with Crippen molar-refractivity contribution in [3.05, 3.63) is 11.1 Å². The SMILES string of the molecule is O=C(Nc1nc(C2CC2)cs1)N1CCCCCC1. The molecule has 3 rings (SSSR count). The van der Waals surface area contributed by atoms with Crippen LogP contribution in [0.3, 0.4) is 0 Å². The van der Waals surface area contributed by atoms with Crippen LogP contribution in [0.15, 0.2) is 5.38 Å². The third kappa shape index (κ3) is 2.83. The molecule has 0 bridgehead atoms. The van der Waals surface area contributed by atoms with E-state index >= 15 is 0 Å². The highest BCUT2D eigenvalue weighted by Gasteiger charge is 2.26. The molecule has 1 aromatic rings. The molecular formula is C13H19N3OS. The zero-order valence-corrected chi connectivity index (χ0v) is 11.3. The number of amides is 2. The fourth-order valence-electron chi connectivity index (χ4n) is 2.35. The predicted molar refractivity (Wildman–Crippen MR) is 73.1 cm³/mol. The molecule has 1 aliphatic heterocycles. The summed E-state index contributed by atoms with van der Waals surface area (Å²) in [6.07, 6.45) is 7.24. The quantitative estimate of drug-likeness (QED) is 0.890. The largest absolute Gasteiger partial charge is 0.324 e. The minimum Gasteiger partial charge on any atom is -0.324 e. The van der Waals surface area contributed by atoms with Crippen LogP contribution in [-0.2, 0) is 0 Å². The molecule has 2 amide bonds. The Bertz CT molecular complexity index is 420. The normalized spacial score (nSPS) is 20.6. The number of urea groups is 1. The molecule has 1 aliphatic carbocycles. The Morgan fingerprint density at radius 2 is 2.00 bits per heavy atom. The van der Waals surface area contributed by atoms with Crippen LogP contribution in [0.5, 0.6) is 0 Å². The van der Waals surface area contributed by atoms with E-state index in [-0.39, 0.29) is 6.03 Å². The van der Waals surface area contributed by atoms with Gasteiger partial charge in [-0.1, -0.05) is 12.8 Å². The predicted octanol–water partition coefficient (Wildman–Crippen LogP) is 3.43. The van der Waals surface area contributed by atoms with Gasteiger partial charge in [-0.15, -0.1) is 11.3 Å². The summed E-state index contributed by atoms with van der Waals surface area (Å²) in [5.74, 6) is 0.657. The van der Waals surface area contributed by atoms with Gasteiger partial charge in [0.25, 0.3) is 0 Å². The van der Waals surface area contributed by atoms with Crippen molar-refractivity contribution in [2.75, 3.05) is 18.4 Å². The van der Waals surface area contributed by atoms with Gasteiger partial charge in [0, 0.05) is 24.4 Å². The summed E-state index contributed by atoms with van der Waals surface area (Å²) in [6.45, 7) is 1.76. The molecule has 0 atom stereocenters. The van der Waals surface area contributed by atoms with Crippen LogP contribution in [0.1, 0.15) is 50.1 Å². The number of anilines is 1. The van der Waals surface area contributed by atoms with Gasteiger partial charge in [-0.05, 0) is 25.7 Å². The lowest BCUT2D eigenvalue weighted by Crippen LogP contribution is -2.35. The Morgan fingerprint density at radius 1 is 1.28 bits per heavy atom. The van der Waals surface area contributed by atoms with Crippen molar-refractivity contribution >= 4 is 22.5 Å². The second-order valence-corrected chi connectivity index (χ2v) is 6.04. The van der Waals surface area contributed by atoms with E-state index in [0.717, 1.165) is 36.8 Å². The molecule has 0 unspecified atom stereocenters. The van der Waals surface area contributed by atoms with Crippen LogP contribution in [0.25, 0.3) is 0 Å². The second kappa shape index (κ2) is 5.26. The maximum atomic E-state index is 12.1. The topological polar surface area (TPSA) is 45.2 Å². The number of hydrogen-bond acceptors (Lipinski definition) is 3. The molecule has 5 heteroatoms. The molecule has 98 valence electrons. The van der Waals surface area contributed by atoms with Gasteiger partial charge in [-0.25, -0.2) is 9.78 Å². The first kappa shape index (κ1) is 12.0. The van der Waals surface area contributed by atoms with E-state index in [1.165, 1.54) is 25.7 Å². The molecular weight excluding hydrogens is 246 g/mol. The van der Waals surface area contributed by atoms with Gasteiger partial charge in [-0.2, -0.15) is 0 Å². The van der Waals surface area contributed by atoms with Crippen molar-refractivity contribution in [2.24, 2.45) is 0 Å². The minimum atomic E-state index is 0.0218. The number of rotatable bonds is 2. The van der Waals surface area contributed by atoms with Crippen LogP contribution < -0.4 is 5.32 Å². The van der Waals surface area contributed by atoms with Gasteiger partial charge in [-0.3, -0.25) is 5.32 Å². The zero-order chi connectivity index (χ0) is 12.4. The van der Waals surface area contributed by atoms with Crippen LogP contribution in [-0.4, -0.2) is 29.0 Å². The Balaban J connectivity index is 1.58. The van der Waals surface area contributed by atoms with E-state index in [1.54, 1.807) is 11.3 Å². The van der Waals surface area contributed by atoms with E-state index in [2.05, 4.69) is 15.7 Å². The third-order valence-corrected chi connectivity index (χ3v) is 4.40. The van der Waals surface area contributed by atoms with Crippen LogP contribution >= 0.6 is 11.3 Å². The summed E-state index contributed by atoms with van der Waals surface area (Å²) in [4.78, 5) is 18.5. The maximum absolute atomic E-state index is 12.1. The summed E-state index contributed by atoms with van der Waals surface area (Å²) >= 11 is 1.55. The molecule has 1 saturated carbocycles. The van der Waals surface area contributed by atoms with Gasteiger partial charge in [0.15, 0.2) is 5.13 Å². The van der Waals surface area contributed by atoms with Gasteiger partial charge in [0.2, 0.25) is 0 Å². The molecule has 2 fully saturated rings. The van der Waals surface area contributed by atoms with Crippen LogP contribution in [0.2, 0.25) is 0 Å². The van der Waals surface area contributed by atoms with Crippen molar-refractivity contribution < 1.29 is 4.79 Å². The lowest BCUT2D eigenvalue weighted by Gasteiger charge is -2.19. The second-order valence-electron chi connectivity index (χ2n) is 5.18. The van der Waals surface area contributed by atoms with Crippen LogP contribution in [0, 0.1) is 0 Å². The Morgan fingerprint density at radius 3 is 2.67 bits per heavy atom.